The number of para-hydroxylation sites is 1. The molecule has 18 heavy (non-hydrogen) atoms. The van der Waals surface area contributed by atoms with E-state index in [-0.39, 0.29) is 0 Å². The second-order valence-electron chi connectivity index (χ2n) is 3.84. The van der Waals surface area contributed by atoms with Crippen molar-refractivity contribution in [1.82, 2.24) is 0 Å². The summed E-state index contributed by atoms with van der Waals surface area (Å²) in [4.78, 5) is 0.311. The summed E-state index contributed by atoms with van der Waals surface area (Å²) in [6.07, 6.45) is 0. The van der Waals surface area contributed by atoms with Crippen LogP contribution in [0, 0.1) is 6.92 Å². The van der Waals surface area contributed by atoms with Gasteiger partial charge in [-0.05, 0) is 46.6 Å². The van der Waals surface area contributed by atoms with E-state index < -0.39 is 0 Å². The second-order valence-corrected chi connectivity index (χ2v) is 5.14. The van der Waals surface area contributed by atoms with Gasteiger partial charge in [-0.2, -0.15) is 0 Å². The van der Waals surface area contributed by atoms with E-state index in [2.05, 4.69) is 15.9 Å². The standard InChI is InChI=1S/C14H12BrNOS/c1-9-5-2-3-7-11(9)17-12-8-4-6-10(15)13(12)14(16)18/h2-8H,1H3,(H2,16,18). The monoisotopic (exact) mass is 321 g/mol. The summed E-state index contributed by atoms with van der Waals surface area (Å²) in [6.45, 7) is 1.99. The molecule has 0 bridgehead atoms. The molecule has 92 valence electrons. The molecule has 2 nitrogen and oxygen atoms in total. The largest absolute Gasteiger partial charge is 0.456 e. The van der Waals surface area contributed by atoms with Gasteiger partial charge in [-0.15, -0.1) is 0 Å². The summed E-state index contributed by atoms with van der Waals surface area (Å²) >= 11 is 8.49. The zero-order valence-corrected chi connectivity index (χ0v) is 12.2. The molecule has 2 aromatic rings. The van der Waals surface area contributed by atoms with Crippen LogP contribution in [-0.2, 0) is 0 Å². The number of hydrogen-bond acceptors (Lipinski definition) is 2. The van der Waals surface area contributed by atoms with Crippen LogP contribution in [0.1, 0.15) is 11.1 Å². The van der Waals surface area contributed by atoms with Crippen molar-refractivity contribution < 1.29 is 4.74 Å². The number of rotatable bonds is 3. The lowest BCUT2D eigenvalue weighted by atomic mass is 10.2. The van der Waals surface area contributed by atoms with Crippen molar-refractivity contribution in [2.24, 2.45) is 5.73 Å². The topological polar surface area (TPSA) is 35.2 Å². The lowest BCUT2D eigenvalue weighted by molar-refractivity contribution is 0.477. The quantitative estimate of drug-likeness (QED) is 0.861. The van der Waals surface area contributed by atoms with Gasteiger partial charge in [0.15, 0.2) is 0 Å². The Bertz CT molecular complexity index is 598. The first-order chi connectivity index (χ1) is 8.59. The lowest BCUT2D eigenvalue weighted by Gasteiger charge is -2.13. The first-order valence-electron chi connectivity index (χ1n) is 5.41. The molecular formula is C14H12BrNOS. The molecule has 0 aliphatic rings. The molecule has 2 N–H and O–H groups in total. The number of thiocarbonyl (C=S) groups is 1. The third-order valence-electron chi connectivity index (χ3n) is 2.54. The minimum Gasteiger partial charge on any atom is -0.456 e. The average molecular weight is 322 g/mol. The van der Waals surface area contributed by atoms with E-state index in [0.717, 1.165) is 21.3 Å². The fourth-order valence-electron chi connectivity index (χ4n) is 1.62. The Hall–Kier alpha value is -1.39. The lowest BCUT2D eigenvalue weighted by Crippen LogP contribution is -2.11. The van der Waals surface area contributed by atoms with E-state index in [0.29, 0.717) is 10.7 Å². The van der Waals surface area contributed by atoms with Gasteiger partial charge < -0.3 is 10.5 Å². The maximum absolute atomic E-state index is 5.88. The Kier molecular flexibility index (Phi) is 3.99. The predicted molar refractivity (Wildman–Crippen MR) is 81.3 cm³/mol. The van der Waals surface area contributed by atoms with Crippen LogP contribution in [0.5, 0.6) is 11.5 Å². The molecule has 0 aliphatic carbocycles. The highest BCUT2D eigenvalue weighted by atomic mass is 79.9. The van der Waals surface area contributed by atoms with Crippen molar-refractivity contribution in [2.45, 2.75) is 6.92 Å². The number of ether oxygens (including phenoxy) is 1. The van der Waals surface area contributed by atoms with Crippen molar-refractivity contribution in [3.05, 3.63) is 58.1 Å². The van der Waals surface area contributed by atoms with Crippen molar-refractivity contribution in [3.63, 3.8) is 0 Å². The molecule has 0 saturated heterocycles. The summed E-state index contributed by atoms with van der Waals surface area (Å²) in [5, 5.41) is 0. The van der Waals surface area contributed by atoms with Crippen LogP contribution in [0.15, 0.2) is 46.9 Å². The van der Waals surface area contributed by atoms with Gasteiger partial charge in [0.2, 0.25) is 0 Å². The second kappa shape index (κ2) is 5.50. The SMILES string of the molecule is Cc1ccccc1Oc1cccc(Br)c1C(N)=S. The Balaban J connectivity index is 2.44. The molecule has 0 unspecified atom stereocenters. The third kappa shape index (κ3) is 2.71. The van der Waals surface area contributed by atoms with Crippen LogP contribution in [-0.4, -0.2) is 4.99 Å². The molecule has 0 aromatic heterocycles. The molecule has 4 heteroatoms. The van der Waals surface area contributed by atoms with Crippen molar-refractivity contribution >= 4 is 33.1 Å². The Morgan fingerprint density at radius 1 is 1.11 bits per heavy atom. The van der Waals surface area contributed by atoms with Crippen LogP contribution < -0.4 is 10.5 Å². The molecule has 0 fully saturated rings. The van der Waals surface area contributed by atoms with Gasteiger partial charge >= 0.3 is 0 Å². The van der Waals surface area contributed by atoms with E-state index in [1.165, 1.54) is 0 Å². The molecule has 0 spiro atoms. The van der Waals surface area contributed by atoms with Crippen LogP contribution in [0.3, 0.4) is 0 Å². The number of nitrogens with two attached hydrogens (primary N) is 1. The predicted octanol–water partition coefficient (Wildman–Crippen LogP) is 4.18. The molecular weight excluding hydrogens is 310 g/mol. The molecule has 0 atom stereocenters. The molecule has 0 saturated carbocycles. The van der Waals surface area contributed by atoms with E-state index in [1.807, 2.05) is 49.4 Å². The smallest absolute Gasteiger partial charge is 0.138 e. The number of halogens is 1. The molecule has 2 aromatic carbocycles. The third-order valence-corrected chi connectivity index (χ3v) is 3.40. The zero-order chi connectivity index (χ0) is 13.1. The van der Waals surface area contributed by atoms with Gasteiger partial charge in [-0.3, -0.25) is 0 Å². The van der Waals surface area contributed by atoms with E-state index in [9.17, 15) is 0 Å². The molecule has 0 heterocycles. The van der Waals surface area contributed by atoms with Gasteiger partial charge in [0, 0.05) is 4.47 Å². The van der Waals surface area contributed by atoms with Gasteiger partial charge in [-0.1, -0.05) is 36.5 Å². The summed E-state index contributed by atoms with van der Waals surface area (Å²) in [5.41, 5.74) is 7.51. The molecule has 0 amide bonds. The fourth-order valence-corrected chi connectivity index (χ4v) is 2.52. The highest BCUT2D eigenvalue weighted by molar-refractivity contribution is 9.10. The van der Waals surface area contributed by atoms with Crippen LogP contribution in [0.4, 0.5) is 0 Å². The Labute approximate surface area is 120 Å². The average Bonchev–Trinajstić information content (AvgIpc) is 2.31. The van der Waals surface area contributed by atoms with Gasteiger partial charge in [-0.25, -0.2) is 0 Å². The first-order valence-corrected chi connectivity index (χ1v) is 6.61. The van der Waals surface area contributed by atoms with Crippen molar-refractivity contribution in [1.29, 1.82) is 0 Å². The van der Waals surface area contributed by atoms with Crippen LogP contribution in [0.25, 0.3) is 0 Å². The normalized spacial score (nSPS) is 10.1. The van der Waals surface area contributed by atoms with E-state index >= 15 is 0 Å². The maximum Gasteiger partial charge on any atom is 0.138 e. The molecule has 0 radical (unpaired) electrons. The van der Waals surface area contributed by atoms with Crippen molar-refractivity contribution in [2.75, 3.05) is 0 Å². The fraction of sp³-hybridized carbons (Fsp3) is 0.0714. The minimum absolute atomic E-state index is 0.311. The van der Waals surface area contributed by atoms with Gasteiger partial charge in [0.25, 0.3) is 0 Å². The summed E-state index contributed by atoms with van der Waals surface area (Å²) in [6, 6.07) is 13.4. The highest BCUT2D eigenvalue weighted by Gasteiger charge is 2.12. The Morgan fingerprint density at radius 3 is 2.44 bits per heavy atom. The molecule has 2 rings (SSSR count). The van der Waals surface area contributed by atoms with E-state index in [1.54, 1.807) is 0 Å². The Morgan fingerprint density at radius 2 is 1.78 bits per heavy atom. The van der Waals surface area contributed by atoms with Gasteiger partial charge in [0.05, 0.1) is 5.56 Å². The summed E-state index contributed by atoms with van der Waals surface area (Å²) in [7, 11) is 0. The summed E-state index contributed by atoms with van der Waals surface area (Å²) < 4.78 is 6.72. The molecule has 0 aliphatic heterocycles. The van der Waals surface area contributed by atoms with Crippen molar-refractivity contribution in [3.8, 4) is 11.5 Å². The van der Waals surface area contributed by atoms with E-state index in [4.69, 9.17) is 22.7 Å². The first kappa shape index (κ1) is 13.1. The number of hydrogen-bond donors (Lipinski definition) is 1. The van der Waals surface area contributed by atoms with Crippen LogP contribution in [0.2, 0.25) is 0 Å². The number of benzene rings is 2. The maximum atomic E-state index is 5.88. The highest BCUT2D eigenvalue weighted by Crippen LogP contribution is 2.31. The van der Waals surface area contributed by atoms with Crippen LogP contribution >= 0.6 is 28.1 Å². The van der Waals surface area contributed by atoms with Gasteiger partial charge in [0.1, 0.15) is 16.5 Å². The summed E-state index contributed by atoms with van der Waals surface area (Å²) in [5.74, 6) is 1.46. The number of aryl methyl sites for hydroxylation is 1. The zero-order valence-electron chi connectivity index (χ0n) is 9.81. The minimum atomic E-state index is 0.311.